The van der Waals surface area contributed by atoms with Crippen molar-refractivity contribution >= 4 is 37.8 Å². The number of hydrogen-bond acceptors (Lipinski definition) is 8. The van der Waals surface area contributed by atoms with Gasteiger partial charge in [0.25, 0.3) is 0 Å². The second-order valence-electron chi connectivity index (χ2n) is 15.9. The van der Waals surface area contributed by atoms with E-state index in [1.165, 1.54) is 6.07 Å². The highest BCUT2D eigenvalue weighted by Gasteiger charge is 2.50. The summed E-state index contributed by atoms with van der Waals surface area (Å²) in [5.74, 6) is 0.0814. The fraction of sp³-hybridized carbons (Fsp3) is 0.514. The number of rotatable bonds is 9. The number of aromatic amines is 1. The van der Waals surface area contributed by atoms with E-state index in [9.17, 15) is 19.2 Å². The van der Waals surface area contributed by atoms with Crippen LogP contribution in [0, 0.1) is 0 Å². The molecular formula is C37H52N2O8Si. The maximum atomic E-state index is 14.4. The Morgan fingerprint density at radius 2 is 1.52 bits per heavy atom. The molecule has 0 radical (unpaired) electrons. The maximum Gasteiger partial charge on any atom is 0.514 e. The zero-order chi connectivity index (χ0) is 36.5. The SMILES string of the molecule is C[C@H](Cc1cccc(C=O)c1)N(C(=O)OC(C)(C)C)[C@](C)(O[Si](C)(C)C(C)(C)C)c1ccc(OC(=O)OC(C)(C)C)c2[nH]c(=O)ccc12. The molecule has 0 aliphatic carbocycles. The second-order valence-corrected chi connectivity index (χ2v) is 20.6. The van der Waals surface area contributed by atoms with Crippen molar-refractivity contribution in [1.29, 1.82) is 0 Å². The molecule has 2 atom stereocenters. The zero-order valence-corrected chi connectivity index (χ0v) is 31.7. The molecule has 0 bridgehead atoms. The molecule has 3 aromatic rings. The molecule has 3 rings (SSSR count). The third-order valence-electron chi connectivity index (χ3n) is 8.31. The molecule has 10 nitrogen and oxygen atoms in total. The molecule has 0 fully saturated rings. The summed E-state index contributed by atoms with van der Waals surface area (Å²) in [7, 11) is -2.68. The molecule has 48 heavy (non-hydrogen) atoms. The van der Waals surface area contributed by atoms with Gasteiger partial charge in [-0.25, -0.2) is 9.59 Å². The lowest BCUT2D eigenvalue weighted by Gasteiger charge is -2.51. The smallest absolute Gasteiger partial charge is 0.444 e. The third kappa shape index (κ3) is 9.34. The number of fused-ring (bicyclic) bond motifs is 1. The Morgan fingerprint density at radius 3 is 2.08 bits per heavy atom. The van der Waals surface area contributed by atoms with Crippen LogP contribution in [0.5, 0.6) is 5.75 Å². The minimum atomic E-state index is -2.68. The zero-order valence-electron chi connectivity index (χ0n) is 30.7. The van der Waals surface area contributed by atoms with Crippen molar-refractivity contribution in [3.63, 3.8) is 0 Å². The first-order chi connectivity index (χ1) is 21.9. The first-order valence-corrected chi connectivity index (χ1v) is 19.1. The Hall–Kier alpha value is -3.96. The molecule has 262 valence electrons. The summed E-state index contributed by atoms with van der Waals surface area (Å²) >= 11 is 0. The molecule has 11 heteroatoms. The van der Waals surface area contributed by atoms with Crippen LogP contribution in [-0.4, -0.2) is 54.0 Å². The molecule has 0 saturated carbocycles. The Balaban J connectivity index is 2.36. The Morgan fingerprint density at radius 1 is 0.896 bits per heavy atom. The van der Waals surface area contributed by atoms with E-state index in [0.717, 1.165) is 11.8 Å². The number of aromatic nitrogens is 1. The van der Waals surface area contributed by atoms with Crippen molar-refractivity contribution in [3.8, 4) is 5.75 Å². The van der Waals surface area contributed by atoms with E-state index in [1.54, 1.807) is 76.8 Å². The molecule has 2 aromatic carbocycles. The molecule has 0 unspecified atom stereocenters. The number of carbonyl (C=O) groups excluding carboxylic acids is 3. The molecule has 1 heterocycles. The van der Waals surface area contributed by atoms with Crippen LogP contribution in [0.15, 0.2) is 53.3 Å². The van der Waals surface area contributed by atoms with Crippen molar-refractivity contribution in [1.82, 2.24) is 9.88 Å². The highest BCUT2D eigenvalue weighted by Crippen LogP contribution is 2.46. The van der Waals surface area contributed by atoms with E-state index in [1.807, 2.05) is 26.0 Å². The van der Waals surface area contributed by atoms with Gasteiger partial charge in [0.15, 0.2) is 19.8 Å². The van der Waals surface area contributed by atoms with Gasteiger partial charge in [0.05, 0.1) is 5.52 Å². The number of nitrogens with one attached hydrogen (secondary N) is 1. The van der Waals surface area contributed by atoms with E-state index in [0.29, 0.717) is 22.9 Å². The highest BCUT2D eigenvalue weighted by molar-refractivity contribution is 6.74. The van der Waals surface area contributed by atoms with Crippen LogP contribution in [0.1, 0.15) is 97.6 Å². The number of H-pyrrole nitrogens is 1. The van der Waals surface area contributed by atoms with E-state index in [4.69, 9.17) is 18.6 Å². The first kappa shape index (κ1) is 38.5. The van der Waals surface area contributed by atoms with Gasteiger partial charge in [-0.05, 0) is 110 Å². The van der Waals surface area contributed by atoms with Gasteiger partial charge in [-0.1, -0.05) is 39.0 Å². The maximum absolute atomic E-state index is 14.4. The number of pyridine rings is 1. The number of nitrogens with zero attached hydrogens (tertiary/aromatic N) is 1. The van der Waals surface area contributed by atoms with E-state index in [2.05, 4.69) is 38.8 Å². The van der Waals surface area contributed by atoms with Crippen LogP contribution in [0.4, 0.5) is 9.59 Å². The van der Waals surface area contributed by atoms with Gasteiger partial charge in [0.2, 0.25) is 5.56 Å². The van der Waals surface area contributed by atoms with E-state index in [-0.39, 0.29) is 16.3 Å². The Kier molecular flexibility index (Phi) is 11.1. The number of carbonyl (C=O) groups is 3. The van der Waals surface area contributed by atoms with Crippen molar-refractivity contribution in [3.05, 3.63) is 75.6 Å². The summed E-state index contributed by atoms with van der Waals surface area (Å²) in [4.78, 5) is 55.9. The van der Waals surface area contributed by atoms with Gasteiger partial charge in [0, 0.05) is 28.6 Å². The lowest BCUT2D eigenvalue weighted by atomic mass is 9.94. The lowest BCUT2D eigenvalue weighted by Crippen LogP contribution is -2.60. The van der Waals surface area contributed by atoms with Gasteiger partial charge < -0.3 is 23.6 Å². The average molecular weight is 681 g/mol. The molecule has 0 aliphatic rings. The number of aldehydes is 1. The highest BCUT2D eigenvalue weighted by atomic mass is 28.4. The first-order valence-electron chi connectivity index (χ1n) is 16.2. The Labute approximate surface area is 285 Å². The van der Waals surface area contributed by atoms with E-state index >= 15 is 0 Å². The quantitative estimate of drug-likeness (QED) is 0.0782. The van der Waals surface area contributed by atoms with Crippen LogP contribution < -0.4 is 10.3 Å². The molecule has 1 aromatic heterocycles. The largest absolute Gasteiger partial charge is 0.514 e. The topological polar surface area (TPSA) is 124 Å². The number of ether oxygens (including phenoxy) is 3. The molecule has 1 N–H and O–H groups in total. The molecule has 0 aliphatic heterocycles. The fourth-order valence-electron chi connectivity index (χ4n) is 5.27. The van der Waals surface area contributed by atoms with Gasteiger partial charge >= 0.3 is 12.2 Å². The van der Waals surface area contributed by atoms with Gasteiger partial charge in [-0.2, -0.15) is 0 Å². The van der Waals surface area contributed by atoms with Gasteiger partial charge in [-0.15, -0.1) is 0 Å². The molecule has 0 spiro atoms. The standard InChI is InChI=1S/C37H52N2O8Si/c1-24(21-25-15-14-16-26(22-25)23-40)39(32(42)45-34(2,3)4)37(11,47-48(12,13)36(8,9)10)28-18-19-29(44-33(43)46-35(5,6)7)31-27(28)17-20-30(41)38-31/h14-20,22-24H,21H2,1-13H3,(H,38,41)/t24-,37-/m1/s1. The van der Waals surface area contributed by atoms with Crippen LogP contribution in [0.3, 0.4) is 0 Å². The summed E-state index contributed by atoms with van der Waals surface area (Å²) in [5.41, 5.74) is -1.33. The third-order valence-corrected chi connectivity index (χ3v) is 12.8. The van der Waals surface area contributed by atoms with Crippen LogP contribution in [0.2, 0.25) is 18.1 Å². The van der Waals surface area contributed by atoms with Crippen LogP contribution in [-0.2, 0) is 26.0 Å². The fourth-order valence-corrected chi connectivity index (χ4v) is 6.78. The van der Waals surface area contributed by atoms with E-state index < -0.39 is 49.1 Å². The van der Waals surface area contributed by atoms with Crippen LogP contribution in [0.25, 0.3) is 10.9 Å². The molecule has 0 saturated heterocycles. The summed E-state index contributed by atoms with van der Waals surface area (Å²) in [6.45, 7) is 24.9. The summed E-state index contributed by atoms with van der Waals surface area (Å²) in [6, 6.07) is 13.0. The minimum absolute atomic E-state index is 0.0814. The number of benzene rings is 2. The van der Waals surface area contributed by atoms with Crippen molar-refractivity contribution < 1.29 is 33.0 Å². The lowest BCUT2D eigenvalue weighted by molar-refractivity contribution is -0.105. The monoisotopic (exact) mass is 680 g/mol. The van der Waals surface area contributed by atoms with Crippen molar-refractivity contribution in [2.45, 2.75) is 124 Å². The predicted molar refractivity (Wildman–Crippen MR) is 190 cm³/mol. The van der Waals surface area contributed by atoms with Crippen molar-refractivity contribution in [2.75, 3.05) is 0 Å². The summed E-state index contributed by atoms with van der Waals surface area (Å²) in [5, 5.41) is 0.236. The predicted octanol–water partition coefficient (Wildman–Crippen LogP) is 8.72. The van der Waals surface area contributed by atoms with Crippen molar-refractivity contribution in [2.24, 2.45) is 0 Å². The summed E-state index contributed by atoms with van der Waals surface area (Å²) < 4.78 is 24.3. The van der Waals surface area contributed by atoms with Gasteiger partial charge in [0.1, 0.15) is 17.5 Å². The minimum Gasteiger partial charge on any atom is -0.444 e. The van der Waals surface area contributed by atoms with Crippen LogP contribution >= 0.6 is 0 Å². The average Bonchev–Trinajstić information content (AvgIpc) is 2.90. The second kappa shape index (κ2) is 13.9. The molecule has 1 amide bonds. The Bertz CT molecular complexity index is 1710. The number of hydrogen-bond donors (Lipinski definition) is 1. The normalized spacial score (nSPS) is 14.5. The van der Waals surface area contributed by atoms with Gasteiger partial charge in [-0.3, -0.25) is 14.5 Å². The summed E-state index contributed by atoms with van der Waals surface area (Å²) in [6.07, 6.45) is -0.359. The molecular weight excluding hydrogens is 628 g/mol. The number of amides is 1.